The first kappa shape index (κ1) is 23.2. The number of carboxylic acid groups (broad SMARTS) is 1. The van der Waals surface area contributed by atoms with E-state index in [0.29, 0.717) is 5.56 Å². The Hall–Kier alpha value is -2.93. The molecule has 1 saturated heterocycles. The lowest BCUT2D eigenvalue weighted by Gasteiger charge is -2.32. The molecule has 3 heterocycles. The van der Waals surface area contributed by atoms with E-state index in [1.807, 2.05) is 18.2 Å². The zero-order valence-corrected chi connectivity index (χ0v) is 19.1. The Labute approximate surface area is 195 Å². The third kappa shape index (κ3) is 6.32. The normalized spacial score (nSPS) is 19.2. The maximum Gasteiger partial charge on any atom is 0.312 e. The molecule has 1 fully saturated rings. The van der Waals surface area contributed by atoms with Gasteiger partial charge in [0.05, 0.1) is 11.8 Å². The lowest BCUT2D eigenvalue weighted by molar-refractivity contribution is -0.138. The summed E-state index contributed by atoms with van der Waals surface area (Å²) < 4.78 is 0. The van der Waals surface area contributed by atoms with Gasteiger partial charge in [0, 0.05) is 25.3 Å². The standard InChI is InChI=1S/C26H34N4O3/c31-25(28-17-23(26(32)33)19-7-2-1-3-8-19)21-10-5-15-30(18-21)16-6-11-22-13-12-20-9-4-14-27-24(20)29-22/h1-3,7-8,12-13,21,23H,4-6,9-11,14-18H2,(H,27,29)(H,28,31)(H,32,33)/t21-,23?/m1/s1. The Morgan fingerprint density at radius 3 is 2.85 bits per heavy atom. The number of carboxylic acids is 1. The summed E-state index contributed by atoms with van der Waals surface area (Å²) in [5.41, 5.74) is 3.14. The van der Waals surface area contributed by atoms with Crippen molar-refractivity contribution in [1.29, 1.82) is 0 Å². The van der Waals surface area contributed by atoms with Crippen molar-refractivity contribution in [3.63, 3.8) is 0 Å². The van der Waals surface area contributed by atoms with Crippen LogP contribution in [-0.2, 0) is 22.4 Å². The van der Waals surface area contributed by atoms with Gasteiger partial charge in [-0.1, -0.05) is 36.4 Å². The van der Waals surface area contributed by atoms with Crippen LogP contribution < -0.4 is 10.6 Å². The number of likely N-dealkylation sites (tertiary alicyclic amines) is 1. The first-order valence-electron chi connectivity index (χ1n) is 12.1. The number of nitrogens with zero attached hydrogens (tertiary/aromatic N) is 2. The molecule has 2 aromatic rings. The van der Waals surface area contributed by atoms with Crippen molar-refractivity contribution >= 4 is 17.7 Å². The predicted octanol–water partition coefficient (Wildman–Crippen LogP) is 3.07. The van der Waals surface area contributed by atoms with Crippen LogP contribution in [0.3, 0.4) is 0 Å². The van der Waals surface area contributed by atoms with E-state index in [1.165, 1.54) is 12.0 Å². The highest BCUT2D eigenvalue weighted by Crippen LogP contribution is 2.21. The number of fused-ring (bicyclic) bond motifs is 1. The van der Waals surface area contributed by atoms with E-state index in [1.54, 1.807) is 12.1 Å². The maximum atomic E-state index is 12.8. The highest BCUT2D eigenvalue weighted by atomic mass is 16.4. The molecule has 2 atom stereocenters. The van der Waals surface area contributed by atoms with Gasteiger partial charge in [-0.05, 0) is 68.8 Å². The van der Waals surface area contributed by atoms with E-state index in [2.05, 4.69) is 27.7 Å². The number of anilines is 1. The van der Waals surface area contributed by atoms with Gasteiger partial charge in [0.15, 0.2) is 0 Å². The molecule has 4 rings (SSSR count). The van der Waals surface area contributed by atoms with E-state index < -0.39 is 11.9 Å². The summed E-state index contributed by atoms with van der Waals surface area (Å²) in [4.78, 5) is 31.6. The number of hydrogen-bond donors (Lipinski definition) is 3. The minimum absolute atomic E-state index is 0.0377. The molecule has 1 aromatic heterocycles. The minimum atomic E-state index is -0.919. The largest absolute Gasteiger partial charge is 0.481 e. The molecule has 0 spiro atoms. The number of rotatable bonds is 9. The van der Waals surface area contributed by atoms with Gasteiger partial charge in [-0.2, -0.15) is 0 Å². The van der Waals surface area contributed by atoms with E-state index in [-0.39, 0.29) is 18.4 Å². The number of aliphatic carboxylic acids is 1. The number of carbonyl (C=O) groups is 2. The Balaban J connectivity index is 1.23. The number of piperidine rings is 1. The van der Waals surface area contributed by atoms with Crippen molar-refractivity contribution in [2.45, 2.75) is 44.4 Å². The molecule has 0 aliphatic carbocycles. The molecule has 1 unspecified atom stereocenters. The fourth-order valence-electron chi connectivity index (χ4n) is 4.84. The molecule has 176 valence electrons. The molecular weight excluding hydrogens is 416 g/mol. The SMILES string of the molecule is O=C(O)C(CNC(=O)[C@@H]1CCCN(CCCc2ccc3c(n2)NCCC3)C1)c1ccccc1. The van der Waals surface area contributed by atoms with Crippen molar-refractivity contribution in [2.75, 3.05) is 38.0 Å². The van der Waals surface area contributed by atoms with Crippen molar-refractivity contribution in [2.24, 2.45) is 5.92 Å². The summed E-state index contributed by atoms with van der Waals surface area (Å²) in [6.07, 6.45) is 6.05. The predicted molar refractivity (Wildman–Crippen MR) is 128 cm³/mol. The van der Waals surface area contributed by atoms with Crippen molar-refractivity contribution in [3.05, 3.63) is 59.3 Å². The number of aryl methyl sites for hydroxylation is 2. The Bertz CT molecular complexity index is 950. The number of benzene rings is 1. The molecule has 7 heteroatoms. The number of aromatic nitrogens is 1. The van der Waals surface area contributed by atoms with E-state index in [4.69, 9.17) is 4.98 Å². The van der Waals surface area contributed by atoms with Crippen LogP contribution in [0, 0.1) is 5.92 Å². The number of amides is 1. The van der Waals surface area contributed by atoms with Crippen LogP contribution in [0.1, 0.15) is 48.4 Å². The van der Waals surface area contributed by atoms with Crippen LogP contribution in [0.4, 0.5) is 5.82 Å². The molecule has 33 heavy (non-hydrogen) atoms. The van der Waals surface area contributed by atoms with Crippen LogP contribution in [-0.4, -0.2) is 59.6 Å². The maximum absolute atomic E-state index is 12.8. The van der Waals surface area contributed by atoms with Crippen LogP contribution >= 0.6 is 0 Å². The van der Waals surface area contributed by atoms with Crippen molar-refractivity contribution in [1.82, 2.24) is 15.2 Å². The molecule has 7 nitrogen and oxygen atoms in total. The average Bonchev–Trinajstić information content (AvgIpc) is 2.84. The Kier molecular flexibility index (Phi) is 7.94. The number of pyridine rings is 1. The summed E-state index contributed by atoms with van der Waals surface area (Å²) in [6.45, 7) is 3.79. The van der Waals surface area contributed by atoms with Crippen LogP contribution in [0.15, 0.2) is 42.5 Å². The third-order valence-electron chi connectivity index (χ3n) is 6.72. The Morgan fingerprint density at radius 1 is 1.18 bits per heavy atom. The topological polar surface area (TPSA) is 94.6 Å². The van der Waals surface area contributed by atoms with Gasteiger partial charge in [0.25, 0.3) is 0 Å². The highest BCUT2D eigenvalue weighted by molar-refractivity contribution is 5.81. The van der Waals surface area contributed by atoms with Crippen LogP contribution in [0.25, 0.3) is 0 Å². The second-order valence-electron chi connectivity index (χ2n) is 9.13. The monoisotopic (exact) mass is 450 g/mol. The summed E-state index contributed by atoms with van der Waals surface area (Å²) in [5, 5.41) is 15.9. The van der Waals surface area contributed by atoms with E-state index in [0.717, 1.165) is 69.8 Å². The van der Waals surface area contributed by atoms with Gasteiger partial charge in [0.2, 0.25) is 5.91 Å². The lowest BCUT2D eigenvalue weighted by Crippen LogP contribution is -2.44. The highest BCUT2D eigenvalue weighted by Gasteiger charge is 2.27. The van der Waals surface area contributed by atoms with Crippen molar-refractivity contribution in [3.8, 4) is 0 Å². The molecule has 1 aromatic carbocycles. The van der Waals surface area contributed by atoms with Gasteiger partial charge < -0.3 is 20.6 Å². The van der Waals surface area contributed by atoms with Crippen LogP contribution in [0.2, 0.25) is 0 Å². The number of nitrogens with one attached hydrogen (secondary N) is 2. The molecule has 0 saturated carbocycles. The number of carbonyl (C=O) groups excluding carboxylic acids is 1. The van der Waals surface area contributed by atoms with Gasteiger partial charge >= 0.3 is 5.97 Å². The molecular formula is C26H34N4O3. The van der Waals surface area contributed by atoms with Gasteiger partial charge in [-0.25, -0.2) is 4.98 Å². The summed E-state index contributed by atoms with van der Waals surface area (Å²) >= 11 is 0. The summed E-state index contributed by atoms with van der Waals surface area (Å²) in [7, 11) is 0. The fourth-order valence-corrected chi connectivity index (χ4v) is 4.84. The van der Waals surface area contributed by atoms with Crippen molar-refractivity contribution < 1.29 is 14.7 Å². The number of hydrogen-bond acceptors (Lipinski definition) is 5. The average molecular weight is 451 g/mol. The lowest BCUT2D eigenvalue weighted by atomic mass is 9.95. The van der Waals surface area contributed by atoms with Gasteiger partial charge in [0.1, 0.15) is 5.82 Å². The molecule has 2 aliphatic rings. The molecule has 0 bridgehead atoms. The molecule has 0 radical (unpaired) electrons. The first-order chi connectivity index (χ1) is 16.1. The zero-order valence-electron chi connectivity index (χ0n) is 19.1. The quantitative estimate of drug-likeness (QED) is 0.544. The fraction of sp³-hybridized carbons (Fsp3) is 0.500. The molecule has 1 amide bonds. The van der Waals surface area contributed by atoms with Gasteiger partial charge in [-0.15, -0.1) is 0 Å². The smallest absolute Gasteiger partial charge is 0.312 e. The van der Waals surface area contributed by atoms with E-state index in [9.17, 15) is 14.7 Å². The van der Waals surface area contributed by atoms with Crippen LogP contribution in [0.5, 0.6) is 0 Å². The molecule has 2 aliphatic heterocycles. The summed E-state index contributed by atoms with van der Waals surface area (Å²) in [6, 6.07) is 13.4. The third-order valence-corrected chi connectivity index (χ3v) is 6.72. The van der Waals surface area contributed by atoms with E-state index >= 15 is 0 Å². The zero-order chi connectivity index (χ0) is 23.0. The molecule has 3 N–H and O–H groups in total. The second kappa shape index (κ2) is 11.3. The second-order valence-corrected chi connectivity index (χ2v) is 9.13. The first-order valence-corrected chi connectivity index (χ1v) is 12.1. The Morgan fingerprint density at radius 2 is 2.03 bits per heavy atom. The van der Waals surface area contributed by atoms with Gasteiger partial charge in [-0.3, -0.25) is 9.59 Å². The summed E-state index contributed by atoms with van der Waals surface area (Å²) in [5.74, 6) is -0.728. The minimum Gasteiger partial charge on any atom is -0.481 e.